The number of hydrogen-bond donors (Lipinski definition) is 1. The van der Waals surface area contributed by atoms with Crippen LogP contribution in [0.1, 0.15) is 19.5 Å². The fraction of sp³-hybridized carbons (Fsp3) is 0.333. The first-order valence-corrected chi connectivity index (χ1v) is 6.04. The minimum Gasteiger partial charge on any atom is -0.309 e. The molecule has 0 atom stereocenters. The lowest BCUT2D eigenvalue weighted by Gasteiger charge is -2.04. The quantitative estimate of drug-likeness (QED) is 0.927. The molecule has 0 saturated heterocycles. The van der Waals surface area contributed by atoms with Crippen molar-refractivity contribution in [2.24, 2.45) is 0 Å². The van der Waals surface area contributed by atoms with Gasteiger partial charge in [-0.3, -0.25) is 0 Å². The third-order valence-corrected chi connectivity index (χ3v) is 2.71. The molecule has 0 aliphatic carbocycles. The molecule has 0 bridgehead atoms. The smallest absolute Gasteiger partial charge is 0.143 e. The first-order valence-electron chi connectivity index (χ1n) is 5.66. The van der Waals surface area contributed by atoms with Gasteiger partial charge in [0.1, 0.15) is 5.82 Å². The Kier molecular flexibility index (Phi) is 3.93. The molecular formula is C12H14ClFN4. The highest BCUT2D eigenvalue weighted by Gasteiger charge is 2.06. The predicted octanol–water partition coefficient (Wildman–Crippen LogP) is 2.56. The molecule has 96 valence electrons. The standard InChI is InChI=1S/C12H14ClFN4/c1-8(2)15-6-9-7-18(17-16-9)10-3-4-11(13)12(14)5-10/h3-5,7-8,15H,6H2,1-2H3. The lowest BCUT2D eigenvalue weighted by molar-refractivity contribution is 0.580. The van der Waals surface area contributed by atoms with Crippen LogP contribution < -0.4 is 5.32 Å². The summed E-state index contributed by atoms with van der Waals surface area (Å²) in [7, 11) is 0. The maximum Gasteiger partial charge on any atom is 0.143 e. The molecule has 0 saturated carbocycles. The first kappa shape index (κ1) is 13.0. The van der Waals surface area contributed by atoms with Crippen molar-refractivity contribution in [2.45, 2.75) is 26.4 Å². The number of halogens is 2. The third-order valence-electron chi connectivity index (χ3n) is 2.40. The molecule has 1 heterocycles. The highest BCUT2D eigenvalue weighted by Crippen LogP contribution is 2.17. The van der Waals surface area contributed by atoms with Gasteiger partial charge in [0, 0.05) is 18.7 Å². The summed E-state index contributed by atoms with van der Waals surface area (Å²) in [6, 6.07) is 4.90. The summed E-state index contributed by atoms with van der Waals surface area (Å²) in [5, 5.41) is 11.3. The zero-order valence-corrected chi connectivity index (χ0v) is 10.9. The molecule has 0 radical (unpaired) electrons. The Hall–Kier alpha value is -1.46. The molecule has 1 N–H and O–H groups in total. The van der Waals surface area contributed by atoms with Crippen molar-refractivity contribution in [3.8, 4) is 5.69 Å². The van der Waals surface area contributed by atoms with Crippen molar-refractivity contribution in [1.29, 1.82) is 0 Å². The second kappa shape index (κ2) is 5.46. The van der Waals surface area contributed by atoms with Crippen LogP contribution in [0, 0.1) is 5.82 Å². The second-order valence-corrected chi connectivity index (χ2v) is 4.70. The summed E-state index contributed by atoms with van der Waals surface area (Å²) in [5.41, 5.74) is 1.40. The van der Waals surface area contributed by atoms with Crippen LogP contribution in [0.25, 0.3) is 5.69 Å². The molecule has 0 amide bonds. The lowest BCUT2D eigenvalue weighted by Crippen LogP contribution is -2.21. The zero-order valence-electron chi connectivity index (χ0n) is 10.2. The van der Waals surface area contributed by atoms with Gasteiger partial charge in [-0.2, -0.15) is 0 Å². The van der Waals surface area contributed by atoms with E-state index in [9.17, 15) is 4.39 Å². The Balaban J connectivity index is 2.16. The monoisotopic (exact) mass is 268 g/mol. The van der Waals surface area contributed by atoms with E-state index in [1.165, 1.54) is 16.8 Å². The highest BCUT2D eigenvalue weighted by molar-refractivity contribution is 6.30. The van der Waals surface area contributed by atoms with Crippen LogP contribution in [0.3, 0.4) is 0 Å². The summed E-state index contributed by atoms with van der Waals surface area (Å²) in [6.07, 6.45) is 1.76. The van der Waals surface area contributed by atoms with Crippen LogP contribution in [0.4, 0.5) is 4.39 Å². The van der Waals surface area contributed by atoms with Crippen molar-refractivity contribution in [1.82, 2.24) is 20.3 Å². The summed E-state index contributed by atoms with van der Waals surface area (Å²) in [4.78, 5) is 0. The molecule has 0 unspecified atom stereocenters. The molecule has 4 nitrogen and oxygen atoms in total. The number of benzene rings is 1. The fourth-order valence-corrected chi connectivity index (χ4v) is 1.56. The van der Waals surface area contributed by atoms with Crippen molar-refractivity contribution in [3.63, 3.8) is 0 Å². The molecule has 1 aromatic heterocycles. The van der Waals surface area contributed by atoms with E-state index in [4.69, 9.17) is 11.6 Å². The van der Waals surface area contributed by atoms with E-state index in [-0.39, 0.29) is 5.02 Å². The summed E-state index contributed by atoms with van der Waals surface area (Å²) < 4.78 is 14.8. The van der Waals surface area contributed by atoms with Crippen LogP contribution >= 0.6 is 11.6 Å². The Labute approximate surface area is 110 Å². The Morgan fingerprint density at radius 3 is 2.89 bits per heavy atom. The topological polar surface area (TPSA) is 42.7 Å². The molecular weight excluding hydrogens is 255 g/mol. The highest BCUT2D eigenvalue weighted by atomic mass is 35.5. The zero-order chi connectivity index (χ0) is 13.1. The normalized spacial score (nSPS) is 11.2. The molecule has 0 fully saturated rings. The van der Waals surface area contributed by atoms with Crippen LogP contribution in [0.5, 0.6) is 0 Å². The van der Waals surface area contributed by atoms with Crippen LogP contribution in [-0.4, -0.2) is 21.0 Å². The Bertz CT molecular complexity index is 539. The maximum absolute atomic E-state index is 13.3. The van der Waals surface area contributed by atoms with Gasteiger partial charge in [-0.25, -0.2) is 9.07 Å². The van der Waals surface area contributed by atoms with Gasteiger partial charge in [0.25, 0.3) is 0 Å². The minimum absolute atomic E-state index is 0.0977. The van der Waals surface area contributed by atoms with E-state index in [1.54, 1.807) is 12.3 Å². The molecule has 0 spiro atoms. The minimum atomic E-state index is -0.466. The van der Waals surface area contributed by atoms with Gasteiger partial charge in [-0.15, -0.1) is 5.10 Å². The van der Waals surface area contributed by atoms with Crippen molar-refractivity contribution < 1.29 is 4.39 Å². The molecule has 0 aliphatic rings. The summed E-state index contributed by atoms with van der Waals surface area (Å²) >= 11 is 5.63. The summed E-state index contributed by atoms with van der Waals surface area (Å²) in [5.74, 6) is -0.466. The molecule has 2 rings (SSSR count). The van der Waals surface area contributed by atoms with Crippen LogP contribution in [0.15, 0.2) is 24.4 Å². The van der Waals surface area contributed by atoms with Gasteiger partial charge in [0.05, 0.1) is 22.6 Å². The Morgan fingerprint density at radius 2 is 2.22 bits per heavy atom. The third kappa shape index (κ3) is 3.05. The molecule has 2 aromatic rings. The summed E-state index contributed by atoms with van der Waals surface area (Å²) in [6.45, 7) is 4.74. The fourth-order valence-electron chi connectivity index (χ4n) is 1.44. The largest absolute Gasteiger partial charge is 0.309 e. The number of aromatic nitrogens is 3. The molecule has 6 heteroatoms. The van der Waals surface area contributed by atoms with E-state index in [2.05, 4.69) is 29.5 Å². The SMILES string of the molecule is CC(C)NCc1cn(-c2ccc(Cl)c(F)c2)nn1. The van der Waals surface area contributed by atoms with E-state index < -0.39 is 5.82 Å². The second-order valence-electron chi connectivity index (χ2n) is 4.29. The number of rotatable bonds is 4. The van der Waals surface area contributed by atoms with Gasteiger partial charge in [-0.05, 0) is 12.1 Å². The van der Waals surface area contributed by atoms with Crippen LogP contribution in [0.2, 0.25) is 5.02 Å². The van der Waals surface area contributed by atoms with Crippen molar-refractivity contribution in [2.75, 3.05) is 0 Å². The molecule has 1 aromatic carbocycles. The Morgan fingerprint density at radius 1 is 1.44 bits per heavy atom. The van der Waals surface area contributed by atoms with Gasteiger partial charge in [0.2, 0.25) is 0 Å². The van der Waals surface area contributed by atoms with Gasteiger partial charge >= 0.3 is 0 Å². The maximum atomic E-state index is 13.3. The van der Waals surface area contributed by atoms with E-state index in [1.807, 2.05) is 0 Å². The van der Waals surface area contributed by atoms with Crippen LogP contribution in [-0.2, 0) is 6.54 Å². The van der Waals surface area contributed by atoms with Gasteiger partial charge in [0.15, 0.2) is 0 Å². The molecule has 18 heavy (non-hydrogen) atoms. The number of nitrogens with zero attached hydrogens (tertiary/aromatic N) is 3. The van der Waals surface area contributed by atoms with Gasteiger partial charge < -0.3 is 5.32 Å². The molecule has 0 aliphatic heterocycles. The van der Waals surface area contributed by atoms with E-state index in [0.717, 1.165) is 5.69 Å². The van der Waals surface area contributed by atoms with E-state index >= 15 is 0 Å². The number of nitrogens with one attached hydrogen (secondary N) is 1. The average Bonchev–Trinajstić information content (AvgIpc) is 2.79. The van der Waals surface area contributed by atoms with Gasteiger partial charge in [-0.1, -0.05) is 30.7 Å². The lowest BCUT2D eigenvalue weighted by atomic mass is 10.3. The van der Waals surface area contributed by atoms with E-state index in [0.29, 0.717) is 18.3 Å². The first-order chi connectivity index (χ1) is 8.56. The predicted molar refractivity (Wildman–Crippen MR) is 68.3 cm³/mol. The number of hydrogen-bond acceptors (Lipinski definition) is 3. The average molecular weight is 269 g/mol. The van der Waals surface area contributed by atoms with Crippen molar-refractivity contribution in [3.05, 3.63) is 40.9 Å². The van der Waals surface area contributed by atoms with Crippen molar-refractivity contribution >= 4 is 11.6 Å².